The number of pyridine rings is 2. The summed E-state index contributed by atoms with van der Waals surface area (Å²) >= 11 is 0. The van der Waals surface area contributed by atoms with Crippen LogP contribution >= 0.6 is 0 Å². The van der Waals surface area contributed by atoms with Crippen molar-refractivity contribution in [1.29, 1.82) is 0 Å². The number of aromatic nitrogens is 3. The average Bonchev–Trinajstić information content (AvgIpc) is 3.57. The third kappa shape index (κ3) is 2.35. The Hall–Kier alpha value is -2.36. The second-order valence-electron chi connectivity index (χ2n) is 8.47. The standard InChI is InChI=1S/C22H24N4/c1-3-17(24-20(5-1)25-19-4-2-10-22(19)11-12-22)18-13-23-21-9-8-16(14-26(18)21)15-6-7-15/h1,3,5,8-9,13-15,19H,2,4,6-7,10-12H2,(H,24,25)/t19-/m0/s1. The second-order valence-corrected chi connectivity index (χ2v) is 8.47. The monoisotopic (exact) mass is 344 g/mol. The maximum Gasteiger partial charge on any atom is 0.137 e. The third-order valence-corrected chi connectivity index (χ3v) is 6.71. The molecule has 0 bridgehead atoms. The fourth-order valence-electron chi connectivity index (χ4n) is 4.80. The molecule has 0 amide bonds. The van der Waals surface area contributed by atoms with Gasteiger partial charge in [0, 0.05) is 12.2 Å². The largest absolute Gasteiger partial charge is 0.367 e. The predicted octanol–water partition coefficient (Wildman–Crippen LogP) is 5.02. The van der Waals surface area contributed by atoms with Crippen LogP contribution in [0.1, 0.15) is 56.4 Å². The fourth-order valence-corrected chi connectivity index (χ4v) is 4.80. The lowest BCUT2D eigenvalue weighted by Gasteiger charge is -2.20. The number of anilines is 1. The van der Waals surface area contributed by atoms with Gasteiger partial charge >= 0.3 is 0 Å². The van der Waals surface area contributed by atoms with Crippen LogP contribution in [-0.2, 0) is 0 Å². The highest BCUT2D eigenvalue weighted by atomic mass is 15.1. The average molecular weight is 344 g/mol. The van der Waals surface area contributed by atoms with Crippen LogP contribution in [0.15, 0.2) is 42.7 Å². The van der Waals surface area contributed by atoms with Crippen molar-refractivity contribution in [2.75, 3.05) is 5.32 Å². The molecule has 0 unspecified atom stereocenters. The van der Waals surface area contributed by atoms with Gasteiger partial charge < -0.3 is 5.32 Å². The Morgan fingerprint density at radius 3 is 2.81 bits per heavy atom. The van der Waals surface area contributed by atoms with Crippen LogP contribution < -0.4 is 5.32 Å². The van der Waals surface area contributed by atoms with Crippen molar-refractivity contribution in [3.8, 4) is 11.4 Å². The Morgan fingerprint density at radius 2 is 1.96 bits per heavy atom. The topological polar surface area (TPSA) is 42.2 Å². The molecule has 132 valence electrons. The quantitative estimate of drug-likeness (QED) is 0.723. The van der Waals surface area contributed by atoms with E-state index in [0.717, 1.165) is 28.8 Å². The van der Waals surface area contributed by atoms with Gasteiger partial charge in [0.2, 0.25) is 0 Å². The van der Waals surface area contributed by atoms with E-state index in [1.165, 1.54) is 50.5 Å². The van der Waals surface area contributed by atoms with Crippen LogP contribution in [0.4, 0.5) is 5.82 Å². The molecular weight excluding hydrogens is 320 g/mol. The number of nitrogens with one attached hydrogen (secondary N) is 1. The van der Waals surface area contributed by atoms with Gasteiger partial charge in [-0.05, 0) is 73.6 Å². The second kappa shape index (κ2) is 5.32. The molecular formula is C22H24N4. The Balaban J connectivity index is 1.35. The van der Waals surface area contributed by atoms with Gasteiger partial charge in [-0.2, -0.15) is 0 Å². The van der Waals surface area contributed by atoms with Crippen LogP contribution in [0, 0.1) is 5.41 Å². The van der Waals surface area contributed by atoms with Crippen molar-refractivity contribution in [1.82, 2.24) is 14.4 Å². The van der Waals surface area contributed by atoms with Crippen molar-refractivity contribution in [2.45, 2.75) is 56.9 Å². The molecule has 0 aromatic carbocycles. The minimum atomic E-state index is 0.583. The zero-order valence-electron chi connectivity index (χ0n) is 15.0. The van der Waals surface area contributed by atoms with Crippen molar-refractivity contribution in [2.24, 2.45) is 5.41 Å². The molecule has 6 rings (SSSR count). The zero-order valence-corrected chi connectivity index (χ0v) is 15.0. The molecule has 3 saturated carbocycles. The lowest BCUT2D eigenvalue weighted by atomic mass is 10.0. The molecule has 3 aromatic rings. The molecule has 1 atom stereocenters. The first kappa shape index (κ1) is 14.8. The summed E-state index contributed by atoms with van der Waals surface area (Å²) in [5.74, 6) is 1.75. The molecule has 0 radical (unpaired) electrons. The van der Waals surface area contributed by atoms with Crippen LogP contribution in [-0.4, -0.2) is 20.4 Å². The molecule has 3 aliphatic rings. The minimum Gasteiger partial charge on any atom is -0.367 e. The van der Waals surface area contributed by atoms with Crippen LogP contribution in [0.5, 0.6) is 0 Å². The summed E-state index contributed by atoms with van der Waals surface area (Å²) in [4.78, 5) is 9.52. The van der Waals surface area contributed by atoms with E-state index in [9.17, 15) is 0 Å². The Morgan fingerprint density at radius 1 is 1.04 bits per heavy atom. The first-order chi connectivity index (χ1) is 12.8. The number of rotatable bonds is 4. The van der Waals surface area contributed by atoms with Gasteiger partial charge in [0.25, 0.3) is 0 Å². The SMILES string of the molecule is c1cc(N[C@H]2CCCC23CC3)nc(-c2cnc3ccc(C4CC4)cn23)c1. The van der Waals surface area contributed by atoms with E-state index in [2.05, 4.69) is 51.2 Å². The zero-order chi connectivity index (χ0) is 17.1. The van der Waals surface area contributed by atoms with Crippen molar-refractivity contribution >= 4 is 11.5 Å². The first-order valence-electron chi connectivity index (χ1n) is 10.0. The highest BCUT2D eigenvalue weighted by Crippen LogP contribution is 2.58. The lowest BCUT2D eigenvalue weighted by molar-refractivity contribution is 0.486. The summed E-state index contributed by atoms with van der Waals surface area (Å²) in [7, 11) is 0. The molecule has 0 saturated heterocycles. The van der Waals surface area contributed by atoms with Gasteiger partial charge in [-0.3, -0.25) is 4.40 Å². The molecule has 4 nitrogen and oxygen atoms in total. The number of hydrogen-bond acceptors (Lipinski definition) is 3. The van der Waals surface area contributed by atoms with Gasteiger partial charge in [0.15, 0.2) is 0 Å². The summed E-state index contributed by atoms with van der Waals surface area (Å²) in [6.45, 7) is 0. The highest BCUT2D eigenvalue weighted by Gasteiger charge is 2.51. The summed E-state index contributed by atoms with van der Waals surface area (Å²) < 4.78 is 2.21. The van der Waals surface area contributed by atoms with E-state index in [1.807, 2.05) is 6.20 Å². The van der Waals surface area contributed by atoms with Crippen molar-refractivity contribution in [3.63, 3.8) is 0 Å². The van der Waals surface area contributed by atoms with E-state index >= 15 is 0 Å². The smallest absolute Gasteiger partial charge is 0.137 e. The maximum absolute atomic E-state index is 4.94. The molecule has 3 aliphatic carbocycles. The van der Waals surface area contributed by atoms with Gasteiger partial charge in [-0.25, -0.2) is 9.97 Å². The number of nitrogens with zero attached hydrogens (tertiary/aromatic N) is 3. The highest BCUT2D eigenvalue weighted by molar-refractivity contribution is 5.62. The van der Waals surface area contributed by atoms with E-state index in [-0.39, 0.29) is 0 Å². The molecule has 3 heterocycles. The number of hydrogen-bond donors (Lipinski definition) is 1. The lowest BCUT2D eigenvalue weighted by Crippen LogP contribution is -2.25. The molecule has 3 aromatic heterocycles. The Labute approximate surface area is 153 Å². The maximum atomic E-state index is 4.94. The summed E-state index contributed by atoms with van der Waals surface area (Å²) in [6.07, 6.45) is 13.7. The summed E-state index contributed by atoms with van der Waals surface area (Å²) in [6, 6.07) is 11.3. The van der Waals surface area contributed by atoms with E-state index in [1.54, 1.807) is 0 Å². The molecule has 4 heteroatoms. The predicted molar refractivity (Wildman–Crippen MR) is 103 cm³/mol. The van der Waals surface area contributed by atoms with E-state index in [0.29, 0.717) is 11.5 Å². The van der Waals surface area contributed by atoms with E-state index in [4.69, 9.17) is 4.98 Å². The number of fused-ring (bicyclic) bond motifs is 1. The van der Waals surface area contributed by atoms with Crippen LogP contribution in [0.25, 0.3) is 17.0 Å². The fraction of sp³-hybridized carbons (Fsp3) is 0.455. The van der Waals surface area contributed by atoms with Crippen molar-refractivity contribution in [3.05, 3.63) is 48.3 Å². The van der Waals surface area contributed by atoms with Gasteiger partial charge in [0.05, 0.1) is 17.6 Å². The molecule has 3 fully saturated rings. The molecule has 0 aliphatic heterocycles. The first-order valence-corrected chi connectivity index (χ1v) is 10.0. The molecule has 26 heavy (non-hydrogen) atoms. The van der Waals surface area contributed by atoms with Crippen LogP contribution in [0.3, 0.4) is 0 Å². The Bertz CT molecular complexity index is 981. The van der Waals surface area contributed by atoms with E-state index < -0.39 is 0 Å². The Kier molecular flexibility index (Phi) is 3.02. The van der Waals surface area contributed by atoms with Crippen molar-refractivity contribution < 1.29 is 0 Å². The van der Waals surface area contributed by atoms with Gasteiger partial charge in [0.1, 0.15) is 11.5 Å². The minimum absolute atomic E-state index is 0.583. The molecule has 1 spiro atoms. The van der Waals surface area contributed by atoms with Gasteiger partial charge in [-0.15, -0.1) is 0 Å². The molecule has 1 N–H and O–H groups in total. The normalized spacial score (nSPS) is 23.6. The van der Waals surface area contributed by atoms with Gasteiger partial charge in [-0.1, -0.05) is 18.6 Å². The summed E-state index contributed by atoms with van der Waals surface area (Å²) in [5.41, 5.74) is 5.09. The summed E-state index contributed by atoms with van der Waals surface area (Å²) in [5, 5.41) is 3.74. The third-order valence-electron chi connectivity index (χ3n) is 6.71. The van der Waals surface area contributed by atoms with Crippen LogP contribution in [0.2, 0.25) is 0 Å². The number of imidazole rings is 1.